The van der Waals surface area contributed by atoms with Crippen LogP contribution >= 0.6 is 0 Å². The van der Waals surface area contributed by atoms with Crippen molar-refractivity contribution in [2.45, 2.75) is 38.3 Å². The van der Waals surface area contributed by atoms with Gasteiger partial charge < -0.3 is 20.8 Å². The number of benzene rings is 2. The molecule has 1 unspecified atom stereocenters. The van der Waals surface area contributed by atoms with Gasteiger partial charge in [0.2, 0.25) is 11.8 Å². The third kappa shape index (κ3) is 6.18. The fourth-order valence-corrected chi connectivity index (χ4v) is 3.68. The summed E-state index contributed by atoms with van der Waals surface area (Å²) in [5, 5.41) is 26.3. The Morgan fingerprint density at radius 1 is 1.06 bits per heavy atom. The summed E-state index contributed by atoms with van der Waals surface area (Å²) < 4.78 is 0. The fourth-order valence-electron chi connectivity index (χ4n) is 3.68. The molecule has 1 aliphatic rings. The number of aliphatic carboxylic acids is 1. The third-order valence-corrected chi connectivity index (χ3v) is 5.27. The first-order valence-corrected chi connectivity index (χ1v) is 10.2. The van der Waals surface area contributed by atoms with Gasteiger partial charge in [0, 0.05) is 13.3 Å². The van der Waals surface area contributed by atoms with Crippen LogP contribution in [-0.2, 0) is 20.8 Å². The van der Waals surface area contributed by atoms with Gasteiger partial charge in [-0.25, -0.2) is 4.79 Å². The van der Waals surface area contributed by atoms with Crippen LogP contribution in [0.1, 0.15) is 25.3 Å². The average Bonchev–Trinajstić information content (AvgIpc) is 2.73. The second-order valence-corrected chi connectivity index (χ2v) is 7.76. The zero-order valence-corrected chi connectivity index (χ0v) is 17.2. The van der Waals surface area contributed by atoms with Crippen molar-refractivity contribution < 1.29 is 24.6 Å². The summed E-state index contributed by atoms with van der Waals surface area (Å²) in [5.41, 5.74) is 0.857. The highest BCUT2D eigenvalue weighted by molar-refractivity contribution is 5.90. The van der Waals surface area contributed by atoms with Crippen LogP contribution in [0.25, 0.3) is 10.8 Å². The number of hydrogen-bond donors (Lipinski definition) is 4. The van der Waals surface area contributed by atoms with E-state index in [0.29, 0.717) is 6.42 Å². The van der Waals surface area contributed by atoms with Crippen LogP contribution in [0.15, 0.2) is 66.5 Å². The van der Waals surface area contributed by atoms with Crippen molar-refractivity contribution in [3.05, 3.63) is 72.0 Å². The maximum atomic E-state index is 12.9. The van der Waals surface area contributed by atoms with E-state index in [-0.39, 0.29) is 30.4 Å². The van der Waals surface area contributed by atoms with E-state index in [1.165, 1.54) is 13.0 Å². The molecule has 2 amide bonds. The smallest absolute Gasteiger partial charge is 0.326 e. The molecular formula is C24H26N2O5. The number of nitrogens with one attached hydrogen (secondary N) is 2. The summed E-state index contributed by atoms with van der Waals surface area (Å²) in [5.74, 6) is -2.03. The van der Waals surface area contributed by atoms with E-state index in [1.54, 1.807) is 12.2 Å². The molecule has 0 aromatic heterocycles. The van der Waals surface area contributed by atoms with Crippen molar-refractivity contribution >= 4 is 28.6 Å². The Morgan fingerprint density at radius 3 is 2.45 bits per heavy atom. The zero-order chi connectivity index (χ0) is 22.4. The molecule has 2 aromatic rings. The Labute approximate surface area is 180 Å². The quantitative estimate of drug-likeness (QED) is 0.522. The maximum Gasteiger partial charge on any atom is 0.326 e. The minimum Gasteiger partial charge on any atom is -0.508 e. The number of aliphatic hydroxyl groups excluding tert-OH is 1. The van der Waals surface area contributed by atoms with E-state index in [1.807, 2.05) is 42.5 Å². The van der Waals surface area contributed by atoms with Crippen LogP contribution in [-0.4, -0.2) is 40.1 Å². The molecule has 0 spiro atoms. The Bertz CT molecular complexity index is 1040. The maximum absolute atomic E-state index is 12.9. The van der Waals surface area contributed by atoms with Gasteiger partial charge in [-0.15, -0.1) is 0 Å². The molecule has 0 saturated carbocycles. The Kier molecular flexibility index (Phi) is 7.07. The lowest BCUT2D eigenvalue weighted by Gasteiger charge is -2.23. The molecule has 162 valence electrons. The summed E-state index contributed by atoms with van der Waals surface area (Å²) >= 11 is 0. The average molecular weight is 422 g/mol. The molecule has 3 atom stereocenters. The lowest BCUT2D eigenvalue weighted by Crippen LogP contribution is -2.52. The van der Waals surface area contributed by atoms with Crippen LogP contribution in [0.2, 0.25) is 0 Å². The first kappa shape index (κ1) is 22.1. The standard InChI is InChI=1S/C24H26N2O5/c1-15(27)25-21(14-17-6-9-18-4-2-3-5-19(18)12-17)23(29)26-22(24(30)31)13-16-7-10-20(28)11-8-16/h2-7,9-12,16,21-22,28H,8,13-14H2,1H3,(H,25,27)(H,26,29)(H,30,31)/t16?,21-,22-/m0/s1. The molecule has 0 heterocycles. The molecule has 3 rings (SSSR count). The molecule has 0 radical (unpaired) electrons. The summed E-state index contributed by atoms with van der Waals surface area (Å²) in [4.78, 5) is 36.3. The number of carboxylic acid groups (broad SMARTS) is 1. The highest BCUT2D eigenvalue weighted by Crippen LogP contribution is 2.21. The van der Waals surface area contributed by atoms with Crippen molar-refractivity contribution in [2.75, 3.05) is 0 Å². The van der Waals surface area contributed by atoms with Crippen molar-refractivity contribution in [1.82, 2.24) is 10.6 Å². The van der Waals surface area contributed by atoms with Gasteiger partial charge in [0.25, 0.3) is 0 Å². The predicted molar refractivity (Wildman–Crippen MR) is 117 cm³/mol. The summed E-state index contributed by atoms with van der Waals surface area (Å²) in [6.45, 7) is 1.32. The minimum absolute atomic E-state index is 0.114. The number of carbonyl (C=O) groups is 3. The topological polar surface area (TPSA) is 116 Å². The molecule has 0 bridgehead atoms. The highest BCUT2D eigenvalue weighted by atomic mass is 16.4. The summed E-state index contributed by atoms with van der Waals surface area (Å²) in [6.07, 6.45) is 5.79. The van der Waals surface area contributed by atoms with Gasteiger partial charge >= 0.3 is 5.97 Å². The molecular weight excluding hydrogens is 396 g/mol. The van der Waals surface area contributed by atoms with Crippen molar-refractivity contribution in [3.8, 4) is 0 Å². The second-order valence-electron chi connectivity index (χ2n) is 7.76. The van der Waals surface area contributed by atoms with Crippen LogP contribution in [0.4, 0.5) is 0 Å². The third-order valence-electron chi connectivity index (χ3n) is 5.27. The molecule has 0 aliphatic heterocycles. The van der Waals surface area contributed by atoms with Crippen molar-refractivity contribution in [2.24, 2.45) is 5.92 Å². The van der Waals surface area contributed by atoms with Gasteiger partial charge in [-0.05, 0) is 47.2 Å². The van der Waals surface area contributed by atoms with Crippen LogP contribution in [0.3, 0.4) is 0 Å². The zero-order valence-electron chi connectivity index (χ0n) is 17.2. The molecule has 1 aliphatic carbocycles. The SMILES string of the molecule is CC(=O)N[C@@H](Cc1ccc2ccccc2c1)C(=O)N[C@@H](CC1C=CC(O)=CC1)C(=O)O. The number of allylic oxidation sites excluding steroid dienone is 3. The predicted octanol–water partition coefficient (Wildman–Crippen LogP) is 2.86. The number of rotatable bonds is 8. The highest BCUT2D eigenvalue weighted by Gasteiger charge is 2.28. The number of amides is 2. The number of carboxylic acids is 1. The van der Waals surface area contributed by atoms with Crippen molar-refractivity contribution in [1.29, 1.82) is 0 Å². The number of hydrogen-bond acceptors (Lipinski definition) is 4. The first-order chi connectivity index (χ1) is 14.8. The Balaban J connectivity index is 1.72. The fraction of sp³-hybridized carbons (Fsp3) is 0.292. The van der Waals surface area contributed by atoms with E-state index in [4.69, 9.17) is 0 Å². The van der Waals surface area contributed by atoms with E-state index in [2.05, 4.69) is 10.6 Å². The van der Waals surface area contributed by atoms with Crippen LogP contribution in [0.5, 0.6) is 0 Å². The number of aliphatic hydroxyl groups is 1. The summed E-state index contributed by atoms with van der Waals surface area (Å²) in [6, 6.07) is 11.6. The lowest BCUT2D eigenvalue weighted by atomic mass is 9.92. The van der Waals surface area contributed by atoms with Crippen LogP contribution in [0, 0.1) is 5.92 Å². The molecule has 0 saturated heterocycles. The monoisotopic (exact) mass is 422 g/mol. The van der Waals surface area contributed by atoms with Gasteiger partial charge in [-0.3, -0.25) is 9.59 Å². The molecule has 7 heteroatoms. The largest absolute Gasteiger partial charge is 0.508 e. The number of carbonyl (C=O) groups excluding carboxylic acids is 2. The molecule has 2 aromatic carbocycles. The van der Waals surface area contributed by atoms with E-state index in [0.717, 1.165) is 16.3 Å². The second kappa shape index (κ2) is 9.93. The van der Waals surface area contributed by atoms with E-state index >= 15 is 0 Å². The molecule has 4 N–H and O–H groups in total. The lowest BCUT2D eigenvalue weighted by molar-refractivity contribution is -0.142. The van der Waals surface area contributed by atoms with Crippen molar-refractivity contribution in [3.63, 3.8) is 0 Å². The van der Waals surface area contributed by atoms with Gasteiger partial charge in [0.15, 0.2) is 0 Å². The van der Waals surface area contributed by atoms with Gasteiger partial charge in [-0.2, -0.15) is 0 Å². The Morgan fingerprint density at radius 2 is 1.81 bits per heavy atom. The van der Waals surface area contributed by atoms with Crippen LogP contribution < -0.4 is 10.6 Å². The van der Waals surface area contributed by atoms with Gasteiger partial charge in [0.1, 0.15) is 17.8 Å². The van der Waals surface area contributed by atoms with E-state index in [9.17, 15) is 24.6 Å². The molecule has 31 heavy (non-hydrogen) atoms. The molecule has 0 fully saturated rings. The summed E-state index contributed by atoms with van der Waals surface area (Å²) in [7, 11) is 0. The normalized spacial score (nSPS) is 17.5. The van der Waals surface area contributed by atoms with Gasteiger partial charge in [-0.1, -0.05) is 48.5 Å². The van der Waals surface area contributed by atoms with Gasteiger partial charge in [0.05, 0.1) is 0 Å². The Hall–Kier alpha value is -3.61. The number of fused-ring (bicyclic) bond motifs is 1. The minimum atomic E-state index is -1.15. The molecule has 7 nitrogen and oxygen atoms in total. The van der Waals surface area contributed by atoms with E-state index < -0.39 is 24.0 Å². The first-order valence-electron chi connectivity index (χ1n) is 10.2.